The third-order valence-corrected chi connectivity index (χ3v) is 3.82. The molecule has 0 bridgehead atoms. The first kappa shape index (κ1) is 11.6. The predicted octanol–water partition coefficient (Wildman–Crippen LogP) is 2.96. The van der Waals surface area contributed by atoms with Gasteiger partial charge in [0.1, 0.15) is 0 Å². The van der Waals surface area contributed by atoms with Crippen molar-refractivity contribution in [3.8, 4) is 12.3 Å². The van der Waals surface area contributed by atoms with Crippen LogP contribution in [-0.2, 0) is 0 Å². The topological polar surface area (TPSA) is 12.0 Å². The Kier molecular flexibility index (Phi) is 4.48. The van der Waals surface area contributed by atoms with E-state index in [0.29, 0.717) is 11.5 Å². The average molecular weight is 193 g/mol. The van der Waals surface area contributed by atoms with Crippen LogP contribution < -0.4 is 5.32 Å². The minimum Gasteiger partial charge on any atom is -0.313 e. The van der Waals surface area contributed by atoms with E-state index in [9.17, 15) is 0 Å². The van der Waals surface area contributed by atoms with Gasteiger partial charge in [-0.3, -0.25) is 0 Å². The third-order valence-electron chi connectivity index (χ3n) is 3.82. The lowest BCUT2D eigenvalue weighted by atomic mass is 9.75. The van der Waals surface area contributed by atoms with Crippen molar-refractivity contribution in [1.29, 1.82) is 0 Å². The van der Waals surface area contributed by atoms with Gasteiger partial charge < -0.3 is 5.32 Å². The number of terminal acetylenes is 1. The maximum atomic E-state index is 5.45. The molecule has 0 amide bonds. The van der Waals surface area contributed by atoms with Crippen LogP contribution in [0.2, 0.25) is 0 Å². The number of hydrogen-bond acceptors (Lipinski definition) is 1. The summed E-state index contributed by atoms with van der Waals surface area (Å²) in [6.07, 6.45) is 13.1. The normalized spacial score (nSPS) is 21.8. The van der Waals surface area contributed by atoms with Gasteiger partial charge in [-0.05, 0) is 31.2 Å². The highest BCUT2D eigenvalue weighted by atomic mass is 14.9. The standard InChI is InChI=1S/C13H23N/c1-4-9-12(14-6-3)13(5-2)10-7-8-11-13/h1,12,14H,5-11H2,2-3H3. The van der Waals surface area contributed by atoms with Crippen molar-refractivity contribution >= 4 is 0 Å². The summed E-state index contributed by atoms with van der Waals surface area (Å²) < 4.78 is 0. The molecule has 80 valence electrons. The molecular weight excluding hydrogens is 170 g/mol. The summed E-state index contributed by atoms with van der Waals surface area (Å²) in [4.78, 5) is 0. The lowest BCUT2D eigenvalue weighted by Crippen LogP contribution is -2.43. The van der Waals surface area contributed by atoms with Crippen LogP contribution in [0.15, 0.2) is 0 Å². The number of rotatable bonds is 5. The van der Waals surface area contributed by atoms with E-state index in [0.717, 1.165) is 13.0 Å². The maximum absolute atomic E-state index is 5.45. The molecule has 1 N–H and O–H groups in total. The van der Waals surface area contributed by atoms with Crippen LogP contribution in [0.4, 0.5) is 0 Å². The van der Waals surface area contributed by atoms with E-state index in [4.69, 9.17) is 6.42 Å². The molecule has 0 aromatic carbocycles. The second-order valence-corrected chi connectivity index (χ2v) is 4.44. The Bertz CT molecular complexity index is 196. The molecule has 1 unspecified atom stereocenters. The van der Waals surface area contributed by atoms with Gasteiger partial charge in [0, 0.05) is 12.5 Å². The van der Waals surface area contributed by atoms with Crippen molar-refractivity contribution in [1.82, 2.24) is 5.32 Å². The molecule has 1 fully saturated rings. The lowest BCUT2D eigenvalue weighted by Gasteiger charge is -2.36. The molecule has 0 saturated heterocycles. The fraction of sp³-hybridized carbons (Fsp3) is 0.846. The Morgan fingerprint density at radius 2 is 2.00 bits per heavy atom. The van der Waals surface area contributed by atoms with E-state index in [1.165, 1.54) is 32.1 Å². The van der Waals surface area contributed by atoms with Crippen LogP contribution in [0, 0.1) is 17.8 Å². The first-order valence-corrected chi connectivity index (χ1v) is 5.96. The zero-order valence-corrected chi connectivity index (χ0v) is 9.60. The van der Waals surface area contributed by atoms with E-state index in [2.05, 4.69) is 25.1 Å². The largest absolute Gasteiger partial charge is 0.313 e. The molecule has 0 heterocycles. The molecule has 1 atom stereocenters. The zero-order chi connectivity index (χ0) is 10.4. The van der Waals surface area contributed by atoms with Gasteiger partial charge in [-0.2, -0.15) is 0 Å². The van der Waals surface area contributed by atoms with Gasteiger partial charge in [-0.25, -0.2) is 0 Å². The molecule has 1 heteroatoms. The third kappa shape index (κ3) is 2.30. The fourth-order valence-corrected chi connectivity index (χ4v) is 2.90. The van der Waals surface area contributed by atoms with Crippen molar-refractivity contribution in [3.63, 3.8) is 0 Å². The highest BCUT2D eigenvalue weighted by Crippen LogP contribution is 2.44. The Labute approximate surface area is 88.7 Å². The van der Waals surface area contributed by atoms with Crippen LogP contribution in [0.1, 0.15) is 52.4 Å². The SMILES string of the molecule is C#CCC(NCC)C1(CC)CCCC1. The van der Waals surface area contributed by atoms with Crippen molar-refractivity contribution in [2.75, 3.05) is 6.54 Å². The quantitative estimate of drug-likeness (QED) is 0.662. The van der Waals surface area contributed by atoms with Gasteiger partial charge in [-0.1, -0.05) is 26.7 Å². The molecule has 1 rings (SSSR count). The van der Waals surface area contributed by atoms with Crippen molar-refractivity contribution in [3.05, 3.63) is 0 Å². The molecule has 1 nitrogen and oxygen atoms in total. The van der Waals surface area contributed by atoms with Crippen molar-refractivity contribution in [2.45, 2.75) is 58.4 Å². The zero-order valence-electron chi connectivity index (χ0n) is 9.60. The summed E-state index contributed by atoms with van der Waals surface area (Å²) in [5.41, 5.74) is 0.502. The molecule has 14 heavy (non-hydrogen) atoms. The molecule has 1 aliphatic rings. The Hall–Kier alpha value is -0.480. The smallest absolute Gasteiger partial charge is 0.0246 e. The van der Waals surface area contributed by atoms with Gasteiger partial charge >= 0.3 is 0 Å². The minimum atomic E-state index is 0.502. The van der Waals surface area contributed by atoms with Crippen molar-refractivity contribution < 1.29 is 0 Å². The van der Waals surface area contributed by atoms with E-state index in [-0.39, 0.29) is 0 Å². The predicted molar refractivity (Wildman–Crippen MR) is 62.1 cm³/mol. The van der Waals surface area contributed by atoms with Gasteiger partial charge in [0.2, 0.25) is 0 Å². The highest BCUT2D eigenvalue weighted by molar-refractivity contribution is 5.00. The van der Waals surface area contributed by atoms with Crippen LogP contribution in [0.5, 0.6) is 0 Å². The first-order valence-electron chi connectivity index (χ1n) is 5.96. The summed E-state index contributed by atoms with van der Waals surface area (Å²) in [5.74, 6) is 2.83. The monoisotopic (exact) mass is 193 g/mol. The summed E-state index contributed by atoms with van der Waals surface area (Å²) in [6.45, 7) is 5.52. The minimum absolute atomic E-state index is 0.502. The molecule has 1 saturated carbocycles. The van der Waals surface area contributed by atoms with Gasteiger partial charge in [0.15, 0.2) is 0 Å². The molecule has 0 aromatic rings. The second-order valence-electron chi connectivity index (χ2n) is 4.44. The second kappa shape index (κ2) is 5.41. The lowest BCUT2D eigenvalue weighted by molar-refractivity contribution is 0.190. The fourth-order valence-electron chi connectivity index (χ4n) is 2.90. The maximum Gasteiger partial charge on any atom is 0.0246 e. The van der Waals surface area contributed by atoms with E-state index >= 15 is 0 Å². The summed E-state index contributed by atoms with van der Waals surface area (Å²) in [7, 11) is 0. The van der Waals surface area contributed by atoms with E-state index in [1.54, 1.807) is 0 Å². The Balaban J connectivity index is 2.67. The van der Waals surface area contributed by atoms with Crippen molar-refractivity contribution in [2.24, 2.45) is 5.41 Å². The molecular formula is C13H23N. The molecule has 0 radical (unpaired) electrons. The van der Waals surface area contributed by atoms with Crippen LogP contribution >= 0.6 is 0 Å². The summed E-state index contributed by atoms with van der Waals surface area (Å²) in [6, 6.07) is 0.546. The summed E-state index contributed by atoms with van der Waals surface area (Å²) >= 11 is 0. The Morgan fingerprint density at radius 3 is 2.43 bits per heavy atom. The van der Waals surface area contributed by atoms with E-state index in [1.807, 2.05) is 0 Å². The van der Waals surface area contributed by atoms with E-state index < -0.39 is 0 Å². The molecule has 1 aliphatic carbocycles. The number of nitrogens with one attached hydrogen (secondary N) is 1. The van der Waals surface area contributed by atoms with Crippen LogP contribution in [0.3, 0.4) is 0 Å². The molecule has 0 aromatic heterocycles. The molecule has 0 aliphatic heterocycles. The first-order chi connectivity index (χ1) is 6.79. The summed E-state index contributed by atoms with van der Waals surface area (Å²) in [5, 5.41) is 3.57. The average Bonchev–Trinajstić information content (AvgIpc) is 2.67. The Morgan fingerprint density at radius 1 is 1.36 bits per heavy atom. The van der Waals surface area contributed by atoms with Crippen LogP contribution in [-0.4, -0.2) is 12.6 Å². The number of hydrogen-bond donors (Lipinski definition) is 1. The van der Waals surface area contributed by atoms with Gasteiger partial charge in [0.25, 0.3) is 0 Å². The van der Waals surface area contributed by atoms with Crippen LogP contribution in [0.25, 0.3) is 0 Å². The molecule has 0 spiro atoms. The van der Waals surface area contributed by atoms with Gasteiger partial charge in [0.05, 0.1) is 0 Å². The van der Waals surface area contributed by atoms with Gasteiger partial charge in [-0.15, -0.1) is 12.3 Å². The highest BCUT2D eigenvalue weighted by Gasteiger charge is 2.38.